The van der Waals surface area contributed by atoms with Crippen molar-refractivity contribution >= 4 is 11.8 Å². The first kappa shape index (κ1) is 15.0. The molecule has 0 bridgehead atoms. The van der Waals surface area contributed by atoms with Crippen LogP contribution in [0.25, 0.3) is 0 Å². The summed E-state index contributed by atoms with van der Waals surface area (Å²) >= 11 is 0. The number of hydrogen-bond donors (Lipinski definition) is 1. The van der Waals surface area contributed by atoms with Crippen LogP contribution in [0.2, 0.25) is 0 Å². The van der Waals surface area contributed by atoms with Crippen LogP contribution < -0.4 is 5.32 Å². The summed E-state index contributed by atoms with van der Waals surface area (Å²) in [5.74, 6) is 0.232. The summed E-state index contributed by atoms with van der Waals surface area (Å²) in [6.07, 6.45) is 3.41. The van der Waals surface area contributed by atoms with Gasteiger partial charge in [0.2, 0.25) is 11.8 Å². The Labute approximate surface area is 129 Å². The lowest BCUT2D eigenvalue weighted by Crippen LogP contribution is -2.34. The average molecular weight is 304 g/mol. The summed E-state index contributed by atoms with van der Waals surface area (Å²) in [5.41, 5.74) is 0.986. The van der Waals surface area contributed by atoms with Gasteiger partial charge in [0.1, 0.15) is 5.82 Å². The van der Waals surface area contributed by atoms with Crippen LogP contribution in [0.1, 0.15) is 24.8 Å². The van der Waals surface area contributed by atoms with Gasteiger partial charge in [0.05, 0.1) is 5.92 Å². The highest BCUT2D eigenvalue weighted by Gasteiger charge is 2.36. The van der Waals surface area contributed by atoms with Gasteiger partial charge in [-0.15, -0.1) is 0 Å². The molecule has 4 nitrogen and oxygen atoms in total. The first-order valence-electron chi connectivity index (χ1n) is 7.92. The van der Waals surface area contributed by atoms with Crippen molar-refractivity contribution in [2.75, 3.05) is 19.6 Å². The quantitative estimate of drug-likeness (QED) is 0.870. The van der Waals surface area contributed by atoms with Gasteiger partial charge in [0.15, 0.2) is 0 Å². The number of nitrogens with one attached hydrogen (secondary N) is 1. The first-order chi connectivity index (χ1) is 10.6. The number of hydrogen-bond acceptors (Lipinski definition) is 2. The molecule has 1 heterocycles. The Morgan fingerprint density at radius 3 is 2.68 bits per heavy atom. The average Bonchev–Trinajstić information content (AvgIpc) is 3.24. The van der Waals surface area contributed by atoms with Gasteiger partial charge in [-0.25, -0.2) is 4.39 Å². The molecule has 0 aromatic heterocycles. The van der Waals surface area contributed by atoms with E-state index in [4.69, 9.17) is 0 Å². The number of nitrogens with zero attached hydrogens (tertiary/aromatic N) is 1. The summed E-state index contributed by atoms with van der Waals surface area (Å²) in [6, 6.07) is 6.28. The number of amides is 2. The summed E-state index contributed by atoms with van der Waals surface area (Å²) in [4.78, 5) is 25.9. The SMILES string of the molecule is O=C(NCCc1ccc(F)cc1)C1CC(=O)N(CC2CC2)C1. The molecule has 1 saturated carbocycles. The highest BCUT2D eigenvalue weighted by atomic mass is 19.1. The maximum Gasteiger partial charge on any atom is 0.225 e. The van der Waals surface area contributed by atoms with Gasteiger partial charge in [-0.3, -0.25) is 9.59 Å². The van der Waals surface area contributed by atoms with Crippen molar-refractivity contribution in [1.82, 2.24) is 10.2 Å². The van der Waals surface area contributed by atoms with Gasteiger partial charge in [0, 0.05) is 26.1 Å². The molecule has 22 heavy (non-hydrogen) atoms. The molecule has 3 rings (SSSR count). The molecular weight excluding hydrogens is 283 g/mol. The number of carbonyl (C=O) groups is 2. The smallest absolute Gasteiger partial charge is 0.225 e. The van der Waals surface area contributed by atoms with Crippen molar-refractivity contribution in [1.29, 1.82) is 0 Å². The number of rotatable bonds is 6. The molecule has 2 aliphatic rings. The Bertz CT molecular complexity index is 554. The fourth-order valence-electron chi connectivity index (χ4n) is 2.86. The molecule has 1 aliphatic heterocycles. The van der Waals surface area contributed by atoms with Crippen molar-refractivity contribution in [2.24, 2.45) is 11.8 Å². The van der Waals surface area contributed by atoms with E-state index in [0.717, 1.165) is 12.1 Å². The van der Waals surface area contributed by atoms with Crippen LogP contribution in [0.5, 0.6) is 0 Å². The zero-order valence-corrected chi connectivity index (χ0v) is 12.6. The molecule has 1 atom stereocenters. The molecular formula is C17H21FN2O2. The third kappa shape index (κ3) is 3.84. The predicted octanol–water partition coefficient (Wildman–Crippen LogP) is 1.74. The van der Waals surface area contributed by atoms with E-state index in [0.29, 0.717) is 31.8 Å². The van der Waals surface area contributed by atoms with Crippen LogP contribution >= 0.6 is 0 Å². The van der Waals surface area contributed by atoms with E-state index in [9.17, 15) is 14.0 Å². The summed E-state index contributed by atoms with van der Waals surface area (Å²) in [7, 11) is 0. The molecule has 0 spiro atoms. The lowest BCUT2D eigenvalue weighted by molar-refractivity contribution is -0.129. The van der Waals surface area contributed by atoms with E-state index >= 15 is 0 Å². The van der Waals surface area contributed by atoms with E-state index in [2.05, 4.69) is 5.32 Å². The maximum absolute atomic E-state index is 12.8. The highest BCUT2D eigenvalue weighted by Crippen LogP contribution is 2.31. The Balaban J connectivity index is 1.42. The van der Waals surface area contributed by atoms with Crippen LogP contribution in [0.15, 0.2) is 24.3 Å². The lowest BCUT2D eigenvalue weighted by atomic mass is 10.1. The minimum Gasteiger partial charge on any atom is -0.355 e. The topological polar surface area (TPSA) is 49.4 Å². The third-order valence-electron chi connectivity index (χ3n) is 4.39. The van der Waals surface area contributed by atoms with Gasteiger partial charge in [-0.2, -0.15) is 0 Å². The molecule has 0 radical (unpaired) electrons. The van der Waals surface area contributed by atoms with E-state index in [1.807, 2.05) is 4.90 Å². The molecule has 1 aliphatic carbocycles. The van der Waals surface area contributed by atoms with Crippen LogP contribution in [-0.2, 0) is 16.0 Å². The molecule has 2 amide bonds. The Hall–Kier alpha value is -1.91. The summed E-state index contributed by atoms with van der Waals surface area (Å²) < 4.78 is 12.8. The maximum atomic E-state index is 12.8. The van der Waals surface area contributed by atoms with Crippen molar-refractivity contribution in [3.8, 4) is 0 Å². The molecule has 118 valence electrons. The minimum atomic E-state index is -0.256. The second-order valence-corrected chi connectivity index (χ2v) is 6.31. The second kappa shape index (κ2) is 6.46. The van der Waals surface area contributed by atoms with E-state index in [1.165, 1.54) is 25.0 Å². The predicted molar refractivity (Wildman–Crippen MR) is 80.5 cm³/mol. The van der Waals surface area contributed by atoms with Crippen molar-refractivity contribution in [2.45, 2.75) is 25.7 Å². The highest BCUT2D eigenvalue weighted by molar-refractivity contribution is 5.89. The molecule has 1 saturated heterocycles. The normalized spacial score (nSPS) is 21.2. The van der Waals surface area contributed by atoms with Crippen molar-refractivity contribution < 1.29 is 14.0 Å². The molecule has 1 aromatic rings. The summed E-state index contributed by atoms with van der Waals surface area (Å²) in [6.45, 7) is 1.88. The van der Waals surface area contributed by atoms with Gasteiger partial charge in [-0.05, 0) is 42.9 Å². The standard InChI is InChI=1S/C17H21FN2O2/c18-15-5-3-12(4-6-15)7-8-19-17(22)14-9-16(21)20(11-14)10-13-1-2-13/h3-6,13-14H,1-2,7-11H2,(H,19,22). The zero-order valence-electron chi connectivity index (χ0n) is 12.6. The number of likely N-dealkylation sites (tertiary alicyclic amines) is 1. The fraction of sp³-hybridized carbons (Fsp3) is 0.529. The van der Waals surface area contributed by atoms with Gasteiger partial charge < -0.3 is 10.2 Å². The van der Waals surface area contributed by atoms with Crippen molar-refractivity contribution in [3.63, 3.8) is 0 Å². The number of benzene rings is 1. The lowest BCUT2D eigenvalue weighted by Gasteiger charge is -2.16. The van der Waals surface area contributed by atoms with Gasteiger partial charge >= 0.3 is 0 Å². The molecule has 1 unspecified atom stereocenters. The summed E-state index contributed by atoms with van der Waals surface area (Å²) in [5, 5.41) is 2.89. The zero-order chi connectivity index (χ0) is 15.5. The van der Waals surface area contributed by atoms with Gasteiger partial charge in [-0.1, -0.05) is 12.1 Å². The Morgan fingerprint density at radius 1 is 1.27 bits per heavy atom. The number of halogens is 1. The third-order valence-corrected chi connectivity index (χ3v) is 4.39. The fourth-order valence-corrected chi connectivity index (χ4v) is 2.86. The minimum absolute atomic E-state index is 0.0474. The molecule has 1 aromatic carbocycles. The Kier molecular flexibility index (Phi) is 4.41. The van der Waals surface area contributed by atoms with Crippen LogP contribution in [0, 0.1) is 17.7 Å². The van der Waals surface area contributed by atoms with E-state index < -0.39 is 0 Å². The first-order valence-corrected chi connectivity index (χ1v) is 7.92. The molecule has 5 heteroatoms. The number of carbonyl (C=O) groups excluding carboxylic acids is 2. The molecule has 2 fully saturated rings. The van der Waals surface area contributed by atoms with Gasteiger partial charge in [0.25, 0.3) is 0 Å². The van der Waals surface area contributed by atoms with Crippen LogP contribution in [0.3, 0.4) is 0 Å². The van der Waals surface area contributed by atoms with Crippen LogP contribution in [-0.4, -0.2) is 36.3 Å². The van der Waals surface area contributed by atoms with E-state index in [1.54, 1.807) is 12.1 Å². The van der Waals surface area contributed by atoms with Crippen molar-refractivity contribution in [3.05, 3.63) is 35.6 Å². The van der Waals surface area contributed by atoms with E-state index in [-0.39, 0.29) is 23.5 Å². The largest absolute Gasteiger partial charge is 0.355 e. The Morgan fingerprint density at radius 2 is 2.00 bits per heavy atom. The monoisotopic (exact) mass is 304 g/mol. The second-order valence-electron chi connectivity index (χ2n) is 6.31. The molecule has 1 N–H and O–H groups in total. The van der Waals surface area contributed by atoms with Crippen LogP contribution in [0.4, 0.5) is 4.39 Å².